The lowest BCUT2D eigenvalue weighted by Gasteiger charge is -2.09. The van der Waals surface area contributed by atoms with Crippen molar-refractivity contribution >= 4 is 39.1 Å². The Bertz CT molecular complexity index is 671. The van der Waals surface area contributed by atoms with E-state index in [2.05, 4.69) is 21.2 Å². The molecule has 0 saturated heterocycles. The molecule has 7 heteroatoms. The molecule has 1 N–H and O–H groups in total. The molecule has 0 spiro atoms. The second kappa shape index (κ2) is 6.07. The summed E-state index contributed by atoms with van der Waals surface area (Å²) in [6.45, 7) is 0. The minimum atomic E-state index is -4.43. The minimum absolute atomic E-state index is 0.110. The SMILES string of the molecule is O=C(Nc1cc(Br)ccc1Cl)c1ccc(C(F)(F)F)cc1. The zero-order chi connectivity index (χ0) is 15.6. The fourth-order valence-electron chi connectivity index (χ4n) is 1.60. The topological polar surface area (TPSA) is 29.1 Å². The average molecular weight is 379 g/mol. The highest BCUT2D eigenvalue weighted by molar-refractivity contribution is 9.10. The molecule has 0 aliphatic carbocycles. The zero-order valence-corrected chi connectivity index (χ0v) is 12.7. The van der Waals surface area contributed by atoms with E-state index in [1.54, 1.807) is 18.2 Å². The van der Waals surface area contributed by atoms with E-state index in [0.717, 1.165) is 28.7 Å². The molecular formula is C14H8BrClF3NO. The molecule has 0 radical (unpaired) electrons. The number of amides is 1. The Morgan fingerprint density at radius 1 is 1.10 bits per heavy atom. The number of halogens is 5. The highest BCUT2D eigenvalue weighted by Crippen LogP contribution is 2.29. The van der Waals surface area contributed by atoms with Gasteiger partial charge < -0.3 is 5.32 Å². The number of carbonyl (C=O) groups excluding carboxylic acids is 1. The van der Waals surface area contributed by atoms with E-state index in [4.69, 9.17) is 11.6 Å². The first kappa shape index (κ1) is 15.9. The zero-order valence-electron chi connectivity index (χ0n) is 10.3. The molecule has 0 heterocycles. The van der Waals surface area contributed by atoms with Gasteiger partial charge in [-0.25, -0.2) is 0 Å². The standard InChI is InChI=1S/C14H8BrClF3NO/c15-10-5-6-11(16)12(7-10)20-13(21)8-1-3-9(4-2-8)14(17,18)19/h1-7H,(H,20,21). The molecule has 2 rings (SSSR count). The third kappa shape index (κ3) is 3.98. The summed E-state index contributed by atoms with van der Waals surface area (Å²) in [4.78, 5) is 12.0. The van der Waals surface area contributed by atoms with Crippen LogP contribution in [0.5, 0.6) is 0 Å². The number of carbonyl (C=O) groups is 1. The third-order valence-electron chi connectivity index (χ3n) is 2.65. The van der Waals surface area contributed by atoms with E-state index in [9.17, 15) is 18.0 Å². The van der Waals surface area contributed by atoms with Crippen LogP contribution in [-0.2, 0) is 6.18 Å². The van der Waals surface area contributed by atoms with Gasteiger partial charge in [-0.1, -0.05) is 27.5 Å². The normalized spacial score (nSPS) is 11.3. The molecule has 0 fully saturated rings. The molecule has 21 heavy (non-hydrogen) atoms. The maximum Gasteiger partial charge on any atom is 0.416 e. The molecule has 0 bridgehead atoms. The Labute approximate surface area is 132 Å². The number of hydrogen-bond acceptors (Lipinski definition) is 1. The van der Waals surface area contributed by atoms with Crippen molar-refractivity contribution in [3.8, 4) is 0 Å². The Balaban J connectivity index is 2.19. The summed E-state index contributed by atoms with van der Waals surface area (Å²) in [5.74, 6) is -0.538. The fourth-order valence-corrected chi connectivity index (χ4v) is 2.12. The van der Waals surface area contributed by atoms with Gasteiger partial charge in [0.2, 0.25) is 0 Å². The Hall–Kier alpha value is -1.53. The molecule has 1 amide bonds. The first-order valence-electron chi connectivity index (χ1n) is 5.71. The first-order chi connectivity index (χ1) is 9.77. The second-order valence-corrected chi connectivity index (χ2v) is 5.48. The van der Waals surface area contributed by atoms with Crippen LogP contribution >= 0.6 is 27.5 Å². The van der Waals surface area contributed by atoms with Crippen molar-refractivity contribution < 1.29 is 18.0 Å². The number of benzene rings is 2. The third-order valence-corrected chi connectivity index (χ3v) is 3.47. The molecule has 2 aromatic rings. The number of alkyl halides is 3. The molecule has 2 aromatic carbocycles. The van der Waals surface area contributed by atoms with Crippen LogP contribution in [0.15, 0.2) is 46.9 Å². The lowest BCUT2D eigenvalue weighted by molar-refractivity contribution is -0.137. The van der Waals surface area contributed by atoms with Crippen LogP contribution in [0.2, 0.25) is 5.02 Å². The maximum atomic E-state index is 12.4. The monoisotopic (exact) mass is 377 g/mol. The summed E-state index contributed by atoms with van der Waals surface area (Å²) in [5, 5.41) is 2.88. The number of anilines is 1. The van der Waals surface area contributed by atoms with Crippen LogP contribution in [0.4, 0.5) is 18.9 Å². The smallest absolute Gasteiger partial charge is 0.321 e. The van der Waals surface area contributed by atoms with Crippen LogP contribution in [-0.4, -0.2) is 5.91 Å². The van der Waals surface area contributed by atoms with Gasteiger partial charge in [-0.3, -0.25) is 4.79 Å². The highest BCUT2D eigenvalue weighted by atomic mass is 79.9. The van der Waals surface area contributed by atoms with Crippen LogP contribution < -0.4 is 5.32 Å². The van der Waals surface area contributed by atoms with Crippen molar-refractivity contribution in [3.05, 3.63) is 63.1 Å². The van der Waals surface area contributed by atoms with E-state index < -0.39 is 17.6 Å². The number of hydrogen-bond donors (Lipinski definition) is 1. The number of rotatable bonds is 2. The fraction of sp³-hybridized carbons (Fsp3) is 0.0714. The van der Waals surface area contributed by atoms with Crippen molar-refractivity contribution in [1.29, 1.82) is 0 Å². The molecule has 110 valence electrons. The van der Waals surface area contributed by atoms with Crippen LogP contribution in [0, 0.1) is 0 Å². The lowest BCUT2D eigenvalue weighted by Crippen LogP contribution is -2.13. The van der Waals surface area contributed by atoms with E-state index >= 15 is 0 Å². The van der Waals surface area contributed by atoms with E-state index in [-0.39, 0.29) is 5.56 Å². The van der Waals surface area contributed by atoms with Gasteiger partial charge in [0, 0.05) is 10.0 Å². The Morgan fingerprint density at radius 3 is 2.29 bits per heavy atom. The van der Waals surface area contributed by atoms with Crippen LogP contribution in [0.1, 0.15) is 15.9 Å². The van der Waals surface area contributed by atoms with Crippen molar-refractivity contribution in [2.75, 3.05) is 5.32 Å². The summed E-state index contributed by atoms with van der Waals surface area (Å²) in [6, 6.07) is 8.84. The highest BCUT2D eigenvalue weighted by Gasteiger charge is 2.30. The van der Waals surface area contributed by atoms with Gasteiger partial charge in [0.25, 0.3) is 5.91 Å². The largest absolute Gasteiger partial charge is 0.416 e. The summed E-state index contributed by atoms with van der Waals surface area (Å²) in [5.41, 5.74) is -0.325. The lowest BCUT2D eigenvalue weighted by atomic mass is 10.1. The molecule has 0 saturated carbocycles. The molecule has 2 nitrogen and oxygen atoms in total. The molecule has 0 aromatic heterocycles. The summed E-state index contributed by atoms with van der Waals surface area (Å²) in [6.07, 6.45) is -4.43. The quantitative estimate of drug-likeness (QED) is 0.747. The van der Waals surface area contributed by atoms with Crippen molar-refractivity contribution in [1.82, 2.24) is 0 Å². The van der Waals surface area contributed by atoms with Crippen LogP contribution in [0.25, 0.3) is 0 Å². The predicted octanol–water partition coefficient (Wildman–Crippen LogP) is 5.37. The van der Waals surface area contributed by atoms with Gasteiger partial charge in [-0.05, 0) is 42.5 Å². The van der Waals surface area contributed by atoms with Crippen LogP contribution in [0.3, 0.4) is 0 Å². The molecular weight excluding hydrogens is 371 g/mol. The molecule has 0 unspecified atom stereocenters. The van der Waals surface area contributed by atoms with Gasteiger partial charge in [0.15, 0.2) is 0 Å². The van der Waals surface area contributed by atoms with Gasteiger partial charge >= 0.3 is 6.18 Å². The van der Waals surface area contributed by atoms with Crippen molar-refractivity contribution in [2.24, 2.45) is 0 Å². The first-order valence-corrected chi connectivity index (χ1v) is 6.88. The average Bonchev–Trinajstić information content (AvgIpc) is 2.42. The molecule has 0 aliphatic rings. The summed E-state index contributed by atoms with van der Waals surface area (Å²) in [7, 11) is 0. The predicted molar refractivity (Wildman–Crippen MR) is 78.5 cm³/mol. The van der Waals surface area contributed by atoms with Crippen molar-refractivity contribution in [3.63, 3.8) is 0 Å². The van der Waals surface area contributed by atoms with Gasteiger partial charge in [-0.2, -0.15) is 13.2 Å². The van der Waals surface area contributed by atoms with Gasteiger partial charge in [0.05, 0.1) is 16.3 Å². The number of nitrogens with one attached hydrogen (secondary N) is 1. The molecule has 0 aliphatic heterocycles. The van der Waals surface area contributed by atoms with Crippen molar-refractivity contribution in [2.45, 2.75) is 6.18 Å². The minimum Gasteiger partial charge on any atom is -0.321 e. The Kier molecular flexibility index (Phi) is 4.58. The molecule has 0 atom stereocenters. The Morgan fingerprint density at radius 2 is 1.71 bits per heavy atom. The van der Waals surface area contributed by atoms with E-state index in [1.165, 1.54) is 0 Å². The summed E-state index contributed by atoms with van der Waals surface area (Å²) >= 11 is 9.17. The van der Waals surface area contributed by atoms with Gasteiger partial charge in [0.1, 0.15) is 0 Å². The second-order valence-electron chi connectivity index (χ2n) is 4.15. The van der Waals surface area contributed by atoms with Gasteiger partial charge in [-0.15, -0.1) is 0 Å². The van der Waals surface area contributed by atoms with E-state index in [1.807, 2.05) is 0 Å². The van der Waals surface area contributed by atoms with E-state index in [0.29, 0.717) is 10.7 Å². The maximum absolute atomic E-state index is 12.4. The summed E-state index contributed by atoms with van der Waals surface area (Å²) < 4.78 is 38.0.